The molecule has 4 N–H and O–H groups in total. The van der Waals surface area contributed by atoms with Crippen LogP contribution in [0.5, 0.6) is 0 Å². The van der Waals surface area contributed by atoms with Gasteiger partial charge < -0.3 is 20.9 Å². The molecule has 0 aliphatic carbocycles. The zero-order chi connectivity index (χ0) is 12.7. The molecule has 1 rings (SSSR count). The van der Waals surface area contributed by atoms with Gasteiger partial charge in [0.15, 0.2) is 0 Å². The van der Waals surface area contributed by atoms with Crippen LogP contribution in [0.3, 0.4) is 0 Å². The molecule has 0 spiro atoms. The van der Waals surface area contributed by atoms with Crippen molar-refractivity contribution in [2.75, 3.05) is 30.9 Å². The van der Waals surface area contributed by atoms with Gasteiger partial charge in [0.2, 0.25) is 5.91 Å². The summed E-state index contributed by atoms with van der Waals surface area (Å²) in [5, 5.41) is 11.6. The van der Waals surface area contributed by atoms with E-state index < -0.39 is 0 Å². The molecule has 1 aromatic rings. The Labute approximate surface area is 105 Å². The highest BCUT2D eigenvalue weighted by molar-refractivity contribution is 6.31. The monoisotopic (exact) mass is 258 g/mol. The van der Waals surface area contributed by atoms with E-state index >= 15 is 0 Å². The van der Waals surface area contributed by atoms with Crippen LogP contribution in [-0.4, -0.2) is 30.8 Å². The number of rotatable bonds is 6. The smallest absolute Gasteiger partial charge is 0.226 e. The number of hydrogen-bond acceptors (Lipinski definition) is 4. The molecule has 17 heavy (non-hydrogen) atoms. The molecule has 0 heterocycles. The Morgan fingerprint density at radius 1 is 1.47 bits per heavy atom. The maximum Gasteiger partial charge on any atom is 0.226 e. The molecule has 0 bridgehead atoms. The lowest BCUT2D eigenvalue weighted by Gasteiger charge is -2.08. The number of carbonyl (C=O) groups is 1. The van der Waals surface area contributed by atoms with Gasteiger partial charge >= 0.3 is 0 Å². The van der Waals surface area contributed by atoms with Crippen molar-refractivity contribution in [2.24, 2.45) is 0 Å². The molecule has 5 nitrogen and oxygen atoms in total. The van der Waals surface area contributed by atoms with Gasteiger partial charge in [-0.2, -0.15) is 0 Å². The lowest BCUT2D eigenvalue weighted by atomic mass is 10.2. The Hall–Kier alpha value is -1.30. The maximum absolute atomic E-state index is 11.5. The van der Waals surface area contributed by atoms with Gasteiger partial charge in [0.25, 0.3) is 0 Å². The molecule has 0 unspecified atom stereocenters. The van der Waals surface area contributed by atoms with Gasteiger partial charge in [-0.1, -0.05) is 11.6 Å². The number of aliphatic hydroxyl groups is 1. The highest BCUT2D eigenvalue weighted by Crippen LogP contribution is 2.22. The third-order valence-corrected chi connectivity index (χ3v) is 2.23. The minimum Gasteiger partial charge on any atom is -0.397 e. The van der Waals surface area contributed by atoms with E-state index in [9.17, 15) is 4.79 Å². The highest BCUT2D eigenvalue weighted by atomic mass is 35.5. The number of amides is 1. The van der Waals surface area contributed by atoms with Crippen LogP contribution in [0.25, 0.3) is 0 Å². The molecule has 0 atom stereocenters. The predicted molar refractivity (Wildman–Crippen MR) is 67.0 cm³/mol. The summed E-state index contributed by atoms with van der Waals surface area (Å²) in [6.07, 6.45) is 0.210. The van der Waals surface area contributed by atoms with Crippen LogP contribution in [0.1, 0.15) is 6.42 Å². The first-order valence-corrected chi connectivity index (χ1v) is 5.54. The first kappa shape index (κ1) is 13.8. The van der Waals surface area contributed by atoms with E-state index in [0.29, 0.717) is 16.4 Å². The fourth-order valence-electron chi connectivity index (χ4n) is 1.19. The Kier molecular flexibility index (Phi) is 5.76. The van der Waals surface area contributed by atoms with E-state index in [-0.39, 0.29) is 32.1 Å². The van der Waals surface area contributed by atoms with Crippen molar-refractivity contribution in [2.45, 2.75) is 6.42 Å². The van der Waals surface area contributed by atoms with Crippen LogP contribution in [0, 0.1) is 0 Å². The molecular weight excluding hydrogens is 244 g/mol. The molecule has 0 fully saturated rings. The Morgan fingerprint density at radius 3 is 2.88 bits per heavy atom. The van der Waals surface area contributed by atoms with Crippen LogP contribution in [-0.2, 0) is 9.53 Å². The summed E-state index contributed by atoms with van der Waals surface area (Å²) >= 11 is 5.74. The van der Waals surface area contributed by atoms with Crippen molar-refractivity contribution >= 4 is 28.9 Å². The summed E-state index contributed by atoms with van der Waals surface area (Å²) in [6, 6.07) is 4.86. The predicted octanol–water partition coefficient (Wildman–Crippen LogP) is 1.26. The number of nitrogens with two attached hydrogens (primary N) is 1. The third kappa shape index (κ3) is 5.04. The number of anilines is 2. The maximum atomic E-state index is 11.5. The summed E-state index contributed by atoms with van der Waals surface area (Å²) in [5.74, 6) is -0.197. The van der Waals surface area contributed by atoms with Crippen molar-refractivity contribution in [3.63, 3.8) is 0 Å². The van der Waals surface area contributed by atoms with Gasteiger partial charge in [0, 0.05) is 5.02 Å². The number of nitrogens with one attached hydrogen (secondary N) is 1. The first-order chi connectivity index (χ1) is 8.13. The minimum atomic E-state index is -0.197. The SMILES string of the molecule is Nc1cc(Cl)ccc1NC(=O)CCOCCO. The zero-order valence-electron chi connectivity index (χ0n) is 9.28. The van der Waals surface area contributed by atoms with Crippen LogP contribution >= 0.6 is 11.6 Å². The standard InChI is InChI=1S/C11H15ClN2O3/c12-8-1-2-10(9(13)7-8)14-11(16)3-5-17-6-4-15/h1-2,7,15H,3-6,13H2,(H,14,16). The van der Waals surface area contributed by atoms with Crippen LogP contribution in [0.15, 0.2) is 18.2 Å². The fourth-order valence-corrected chi connectivity index (χ4v) is 1.37. The van der Waals surface area contributed by atoms with Crippen molar-refractivity contribution in [3.8, 4) is 0 Å². The molecular formula is C11H15ClN2O3. The molecule has 6 heteroatoms. The van der Waals surface area contributed by atoms with Gasteiger partial charge in [0.05, 0.1) is 37.6 Å². The highest BCUT2D eigenvalue weighted by Gasteiger charge is 2.05. The molecule has 0 aliphatic rings. The summed E-state index contributed by atoms with van der Waals surface area (Å²) in [7, 11) is 0. The van der Waals surface area contributed by atoms with E-state index in [0.717, 1.165) is 0 Å². The molecule has 1 amide bonds. The number of ether oxygens (including phenoxy) is 1. The molecule has 0 aromatic heterocycles. The van der Waals surface area contributed by atoms with Gasteiger partial charge in [-0.15, -0.1) is 0 Å². The average molecular weight is 259 g/mol. The minimum absolute atomic E-state index is 0.0498. The molecule has 0 radical (unpaired) electrons. The summed E-state index contributed by atoms with van der Waals surface area (Å²) in [6.45, 7) is 0.446. The number of nitrogen functional groups attached to an aromatic ring is 1. The molecule has 0 aliphatic heterocycles. The number of halogens is 1. The van der Waals surface area contributed by atoms with Gasteiger partial charge in [-0.3, -0.25) is 4.79 Å². The fraction of sp³-hybridized carbons (Fsp3) is 0.364. The Morgan fingerprint density at radius 2 is 2.24 bits per heavy atom. The Balaban J connectivity index is 2.40. The largest absolute Gasteiger partial charge is 0.397 e. The first-order valence-electron chi connectivity index (χ1n) is 5.17. The van der Waals surface area contributed by atoms with Crippen LogP contribution < -0.4 is 11.1 Å². The molecule has 0 saturated carbocycles. The van der Waals surface area contributed by atoms with Crippen molar-refractivity contribution in [1.82, 2.24) is 0 Å². The summed E-state index contributed by atoms with van der Waals surface area (Å²) < 4.78 is 4.98. The Bertz CT molecular complexity index is 385. The molecule has 0 saturated heterocycles. The topological polar surface area (TPSA) is 84.6 Å². The summed E-state index contributed by atoms with van der Waals surface area (Å²) in [5.41, 5.74) is 6.63. The van der Waals surface area contributed by atoms with Gasteiger partial charge in [-0.25, -0.2) is 0 Å². The molecule has 1 aromatic carbocycles. The normalized spacial score (nSPS) is 10.2. The number of benzene rings is 1. The van der Waals surface area contributed by atoms with E-state index in [1.807, 2.05) is 0 Å². The van der Waals surface area contributed by atoms with Gasteiger partial charge in [0.1, 0.15) is 0 Å². The van der Waals surface area contributed by atoms with Crippen molar-refractivity contribution in [1.29, 1.82) is 0 Å². The average Bonchev–Trinajstić information content (AvgIpc) is 2.28. The van der Waals surface area contributed by atoms with Gasteiger partial charge in [-0.05, 0) is 18.2 Å². The van der Waals surface area contributed by atoms with Crippen LogP contribution in [0.4, 0.5) is 11.4 Å². The lowest BCUT2D eigenvalue weighted by Crippen LogP contribution is -2.15. The number of carbonyl (C=O) groups excluding carboxylic acids is 1. The van der Waals surface area contributed by atoms with Crippen molar-refractivity contribution < 1.29 is 14.6 Å². The van der Waals surface area contributed by atoms with E-state index in [4.69, 9.17) is 27.2 Å². The van der Waals surface area contributed by atoms with E-state index in [1.54, 1.807) is 18.2 Å². The van der Waals surface area contributed by atoms with E-state index in [1.165, 1.54) is 0 Å². The van der Waals surface area contributed by atoms with Crippen molar-refractivity contribution in [3.05, 3.63) is 23.2 Å². The quantitative estimate of drug-likeness (QED) is 0.530. The third-order valence-electron chi connectivity index (χ3n) is 2.00. The second kappa shape index (κ2) is 7.11. The van der Waals surface area contributed by atoms with Crippen LogP contribution in [0.2, 0.25) is 5.02 Å². The summed E-state index contributed by atoms with van der Waals surface area (Å²) in [4.78, 5) is 11.5. The number of aliphatic hydroxyl groups excluding tert-OH is 1. The number of hydrogen-bond donors (Lipinski definition) is 3. The second-order valence-electron chi connectivity index (χ2n) is 3.37. The van der Waals surface area contributed by atoms with E-state index in [2.05, 4.69) is 5.32 Å². The molecule has 94 valence electrons. The lowest BCUT2D eigenvalue weighted by molar-refractivity contribution is -0.117. The second-order valence-corrected chi connectivity index (χ2v) is 3.80. The zero-order valence-corrected chi connectivity index (χ0v) is 10.0.